The molecule has 1 aliphatic heterocycles. The van der Waals surface area contributed by atoms with Crippen molar-refractivity contribution in [3.05, 3.63) is 65.3 Å². The van der Waals surface area contributed by atoms with E-state index in [0.29, 0.717) is 35.3 Å². The zero-order valence-corrected chi connectivity index (χ0v) is 16.0. The first kappa shape index (κ1) is 18.4. The molecule has 0 radical (unpaired) electrons. The second-order valence-electron chi connectivity index (χ2n) is 6.32. The lowest BCUT2D eigenvalue weighted by Crippen LogP contribution is -2.21. The molecule has 3 heterocycles. The number of nitriles is 1. The smallest absolute Gasteiger partial charge is 0.244 e. The Morgan fingerprint density at radius 3 is 2.72 bits per heavy atom. The Bertz CT molecular complexity index is 1120. The van der Waals surface area contributed by atoms with Crippen LogP contribution in [0.15, 0.2) is 54.2 Å². The minimum Gasteiger partial charge on any atom is -0.493 e. The van der Waals surface area contributed by atoms with Crippen LogP contribution in [-0.4, -0.2) is 28.9 Å². The normalized spacial score (nSPS) is 15.3. The summed E-state index contributed by atoms with van der Waals surface area (Å²) in [5.41, 5.74) is 9.46. The number of H-pyrrole nitrogens is 1. The number of fused-ring (bicyclic) bond motifs is 1. The number of hydrogen-bond donors (Lipinski definition) is 2. The van der Waals surface area contributed by atoms with Gasteiger partial charge >= 0.3 is 0 Å². The molecular formula is C21H19N5O3. The second kappa shape index (κ2) is 7.56. The van der Waals surface area contributed by atoms with Crippen LogP contribution in [0.25, 0.3) is 11.3 Å². The SMILES string of the molecule is CCOc1ccc(-c2[nH]nc3c2C(c2ccncc2)C(C#N)=C(N)O3)cc1OC. The van der Waals surface area contributed by atoms with Crippen LogP contribution in [0.2, 0.25) is 0 Å². The van der Waals surface area contributed by atoms with Crippen molar-refractivity contribution in [3.63, 3.8) is 0 Å². The molecule has 1 aliphatic rings. The average Bonchev–Trinajstić information content (AvgIpc) is 3.17. The van der Waals surface area contributed by atoms with Gasteiger partial charge in [-0.15, -0.1) is 5.10 Å². The van der Waals surface area contributed by atoms with Crippen LogP contribution in [-0.2, 0) is 0 Å². The number of ether oxygens (including phenoxy) is 3. The van der Waals surface area contributed by atoms with Crippen LogP contribution in [0.5, 0.6) is 17.4 Å². The molecule has 0 saturated heterocycles. The summed E-state index contributed by atoms with van der Waals surface area (Å²) < 4.78 is 16.7. The molecule has 3 aromatic rings. The highest BCUT2D eigenvalue weighted by molar-refractivity contribution is 5.72. The number of hydrogen-bond acceptors (Lipinski definition) is 7. The van der Waals surface area contributed by atoms with Gasteiger partial charge in [0.1, 0.15) is 11.6 Å². The maximum absolute atomic E-state index is 9.74. The van der Waals surface area contributed by atoms with Crippen LogP contribution in [0.3, 0.4) is 0 Å². The average molecular weight is 389 g/mol. The highest BCUT2D eigenvalue weighted by Gasteiger charge is 2.35. The maximum atomic E-state index is 9.74. The molecule has 29 heavy (non-hydrogen) atoms. The minimum absolute atomic E-state index is 0.0455. The van der Waals surface area contributed by atoms with Crippen molar-refractivity contribution < 1.29 is 14.2 Å². The number of methoxy groups -OCH3 is 1. The van der Waals surface area contributed by atoms with Gasteiger partial charge in [-0.2, -0.15) is 5.26 Å². The first-order chi connectivity index (χ1) is 14.2. The van der Waals surface area contributed by atoms with Crippen molar-refractivity contribution in [1.29, 1.82) is 5.26 Å². The molecule has 146 valence electrons. The van der Waals surface area contributed by atoms with E-state index in [1.807, 2.05) is 37.3 Å². The third-order valence-corrected chi connectivity index (χ3v) is 4.73. The third-order valence-electron chi connectivity index (χ3n) is 4.73. The molecule has 1 aromatic carbocycles. The summed E-state index contributed by atoms with van der Waals surface area (Å²) in [6.07, 6.45) is 3.35. The summed E-state index contributed by atoms with van der Waals surface area (Å²) in [6, 6.07) is 11.5. The number of rotatable bonds is 5. The largest absolute Gasteiger partial charge is 0.493 e. The summed E-state index contributed by atoms with van der Waals surface area (Å²) in [5, 5.41) is 17.1. The monoisotopic (exact) mass is 389 g/mol. The van der Waals surface area contributed by atoms with Crippen LogP contribution in [0.4, 0.5) is 0 Å². The summed E-state index contributed by atoms with van der Waals surface area (Å²) in [4.78, 5) is 4.07. The predicted octanol–water partition coefficient (Wildman–Crippen LogP) is 3.10. The van der Waals surface area contributed by atoms with Gasteiger partial charge in [0.05, 0.1) is 30.9 Å². The topological polar surface area (TPSA) is 119 Å². The maximum Gasteiger partial charge on any atom is 0.244 e. The fourth-order valence-electron chi connectivity index (χ4n) is 3.45. The van der Waals surface area contributed by atoms with E-state index in [-0.39, 0.29) is 5.88 Å². The third kappa shape index (κ3) is 3.12. The lowest BCUT2D eigenvalue weighted by Gasteiger charge is -2.24. The van der Waals surface area contributed by atoms with Gasteiger partial charge in [-0.05, 0) is 42.8 Å². The molecule has 1 atom stereocenters. The van der Waals surface area contributed by atoms with Gasteiger partial charge in [0.2, 0.25) is 11.8 Å². The fraction of sp³-hybridized carbons (Fsp3) is 0.190. The van der Waals surface area contributed by atoms with E-state index in [4.69, 9.17) is 19.9 Å². The van der Waals surface area contributed by atoms with Crippen molar-refractivity contribution in [3.8, 4) is 34.7 Å². The number of allylic oxidation sites excluding steroid dienone is 1. The number of benzene rings is 1. The van der Waals surface area contributed by atoms with Gasteiger partial charge in [-0.1, -0.05) is 0 Å². The van der Waals surface area contributed by atoms with Gasteiger partial charge in [-0.3, -0.25) is 10.1 Å². The molecule has 0 amide bonds. The van der Waals surface area contributed by atoms with E-state index in [9.17, 15) is 5.26 Å². The van der Waals surface area contributed by atoms with Gasteiger partial charge < -0.3 is 19.9 Å². The summed E-state index contributed by atoms with van der Waals surface area (Å²) in [5.74, 6) is 1.20. The highest BCUT2D eigenvalue weighted by atomic mass is 16.5. The molecule has 8 nitrogen and oxygen atoms in total. The van der Waals surface area contributed by atoms with Gasteiger partial charge in [0.25, 0.3) is 0 Å². The van der Waals surface area contributed by atoms with Crippen molar-refractivity contribution in [1.82, 2.24) is 15.2 Å². The van der Waals surface area contributed by atoms with E-state index < -0.39 is 5.92 Å². The van der Waals surface area contributed by atoms with Crippen LogP contribution < -0.4 is 19.9 Å². The summed E-state index contributed by atoms with van der Waals surface area (Å²) in [6.45, 7) is 2.44. The first-order valence-corrected chi connectivity index (χ1v) is 9.04. The Morgan fingerprint density at radius 2 is 2.03 bits per heavy atom. The molecule has 1 unspecified atom stereocenters. The van der Waals surface area contributed by atoms with Crippen molar-refractivity contribution >= 4 is 0 Å². The van der Waals surface area contributed by atoms with E-state index >= 15 is 0 Å². The number of nitrogens with one attached hydrogen (secondary N) is 1. The molecule has 2 aromatic heterocycles. The van der Waals surface area contributed by atoms with E-state index in [1.54, 1.807) is 19.5 Å². The molecular weight excluding hydrogens is 370 g/mol. The van der Waals surface area contributed by atoms with Crippen LogP contribution in [0.1, 0.15) is 24.0 Å². The number of aromatic nitrogens is 3. The highest BCUT2D eigenvalue weighted by Crippen LogP contribution is 2.46. The van der Waals surface area contributed by atoms with Crippen molar-refractivity contribution in [2.75, 3.05) is 13.7 Å². The molecule has 0 aliphatic carbocycles. The summed E-state index contributed by atoms with van der Waals surface area (Å²) >= 11 is 0. The number of pyridine rings is 1. The van der Waals surface area contributed by atoms with E-state index in [2.05, 4.69) is 21.3 Å². The first-order valence-electron chi connectivity index (χ1n) is 9.04. The number of nitrogens with two attached hydrogens (primary N) is 1. The van der Waals surface area contributed by atoms with Crippen molar-refractivity contribution in [2.24, 2.45) is 5.73 Å². The van der Waals surface area contributed by atoms with Gasteiger partial charge in [0.15, 0.2) is 11.5 Å². The lowest BCUT2D eigenvalue weighted by atomic mass is 9.83. The second-order valence-corrected chi connectivity index (χ2v) is 6.32. The molecule has 0 saturated carbocycles. The molecule has 4 rings (SSSR count). The zero-order chi connectivity index (χ0) is 20.4. The Hall–Kier alpha value is -3.99. The quantitative estimate of drug-likeness (QED) is 0.688. The standard InChI is InChI=1S/C21H19N5O3/c1-3-28-15-5-4-13(10-16(15)27-2)19-18-17(12-6-8-24-9-7-12)14(11-22)20(23)29-21(18)26-25-19/h4-10,17H,3,23H2,1-2H3,(H,25,26). The Kier molecular flexibility index (Phi) is 4.79. The Labute approximate surface area is 167 Å². The number of aromatic amines is 1. The molecule has 0 bridgehead atoms. The predicted molar refractivity (Wildman–Crippen MR) is 105 cm³/mol. The number of nitrogens with zero attached hydrogens (tertiary/aromatic N) is 3. The fourth-order valence-corrected chi connectivity index (χ4v) is 3.45. The van der Waals surface area contributed by atoms with Gasteiger partial charge in [0, 0.05) is 18.0 Å². The molecule has 0 spiro atoms. The van der Waals surface area contributed by atoms with Crippen molar-refractivity contribution in [2.45, 2.75) is 12.8 Å². The minimum atomic E-state index is -0.432. The lowest BCUT2D eigenvalue weighted by molar-refractivity contribution is 0.311. The van der Waals surface area contributed by atoms with E-state index in [1.165, 1.54) is 0 Å². The summed E-state index contributed by atoms with van der Waals surface area (Å²) in [7, 11) is 1.59. The molecule has 8 heteroatoms. The van der Waals surface area contributed by atoms with Crippen LogP contribution in [0, 0.1) is 11.3 Å². The zero-order valence-electron chi connectivity index (χ0n) is 16.0. The Morgan fingerprint density at radius 1 is 1.24 bits per heavy atom. The van der Waals surface area contributed by atoms with Crippen LogP contribution >= 0.6 is 0 Å². The molecule has 0 fully saturated rings. The van der Waals surface area contributed by atoms with E-state index in [0.717, 1.165) is 16.7 Å². The van der Waals surface area contributed by atoms with Gasteiger partial charge in [-0.25, -0.2) is 0 Å². The molecule has 3 N–H and O–H groups in total. The Balaban J connectivity index is 1.89.